The molecule has 1 saturated heterocycles. The molecule has 104 valence electrons. The molecule has 0 aromatic rings. The largest absolute Gasteiger partial charge is 0.480 e. The average Bonchev–Trinajstić information content (AvgIpc) is 2.29. The number of ether oxygens (including phenoxy) is 1. The Morgan fingerprint density at radius 1 is 1.61 bits per heavy atom. The van der Waals surface area contributed by atoms with Crippen LogP contribution in [0.25, 0.3) is 0 Å². The van der Waals surface area contributed by atoms with Gasteiger partial charge >= 0.3 is 5.97 Å². The smallest absolute Gasteiger partial charge is 0.322 e. The van der Waals surface area contributed by atoms with Crippen LogP contribution in [-0.4, -0.2) is 73.9 Å². The van der Waals surface area contributed by atoms with Crippen LogP contribution >= 0.6 is 0 Å². The van der Waals surface area contributed by atoms with Gasteiger partial charge in [0.2, 0.25) is 5.91 Å². The molecule has 1 rings (SSSR count). The molecule has 1 fully saturated rings. The van der Waals surface area contributed by atoms with Gasteiger partial charge < -0.3 is 20.5 Å². The highest BCUT2D eigenvalue weighted by molar-refractivity contribution is 5.80. The maximum absolute atomic E-state index is 11.7. The summed E-state index contributed by atoms with van der Waals surface area (Å²) < 4.78 is 4.92. The number of amides is 1. The molecular formula is C11H21N3O4. The first-order chi connectivity index (χ1) is 8.54. The fraction of sp³-hybridized carbons (Fsp3) is 0.818. The number of nitrogens with one attached hydrogen (secondary N) is 2. The Bertz CT molecular complexity index is 298. The van der Waals surface area contributed by atoms with Crippen molar-refractivity contribution in [3.05, 3.63) is 0 Å². The fourth-order valence-corrected chi connectivity index (χ4v) is 1.98. The summed E-state index contributed by atoms with van der Waals surface area (Å²) in [5.41, 5.74) is 0. The van der Waals surface area contributed by atoms with Crippen molar-refractivity contribution in [3.63, 3.8) is 0 Å². The maximum Gasteiger partial charge on any atom is 0.322 e. The third-order valence-electron chi connectivity index (χ3n) is 2.81. The van der Waals surface area contributed by atoms with Gasteiger partial charge in [0.1, 0.15) is 6.04 Å². The standard InChI is InChI=1S/C11H21N3O4/c1-8(7-18-2)13-10(15)6-14-4-3-12-5-9(14)11(16)17/h8-9,12H,3-7H2,1-2H3,(H,13,15)(H,16,17). The molecule has 0 aromatic carbocycles. The van der Waals surface area contributed by atoms with Crippen molar-refractivity contribution in [2.45, 2.75) is 19.0 Å². The van der Waals surface area contributed by atoms with E-state index in [1.54, 1.807) is 12.0 Å². The van der Waals surface area contributed by atoms with Gasteiger partial charge in [-0.3, -0.25) is 14.5 Å². The second-order valence-corrected chi connectivity index (χ2v) is 4.45. The Labute approximate surface area is 106 Å². The van der Waals surface area contributed by atoms with E-state index < -0.39 is 12.0 Å². The van der Waals surface area contributed by atoms with Crippen LogP contribution in [0.15, 0.2) is 0 Å². The molecule has 7 nitrogen and oxygen atoms in total. The zero-order chi connectivity index (χ0) is 13.5. The van der Waals surface area contributed by atoms with Gasteiger partial charge in [-0.15, -0.1) is 0 Å². The molecule has 0 spiro atoms. The lowest BCUT2D eigenvalue weighted by Crippen LogP contribution is -2.57. The molecule has 0 aromatic heterocycles. The van der Waals surface area contributed by atoms with Gasteiger partial charge in [-0.05, 0) is 6.92 Å². The van der Waals surface area contributed by atoms with E-state index in [4.69, 9.17) is 9.84 Å². The Morgan fingerprint density at radius 2 is 2.33 bits per heavy atom. The normalized spacial score (nSPS) is 22.4. The Kier molecular flexibility index (Phi) is 6.03. The summed E-state index contributed by atoms with van der Waals surface area (Å²) in [5.74, 6) is -1.08. The molecule has 2 atom stereocenters. The number of hydrogen-bond acceptors (Lipinski definition) is 5. The van der Waals surface area contributed by atoms with E-state index in [1.807, 2.05) is 6.92 Å². The Balaban J connectivity index is 2.43. The second kappa shape index (κ2) is 7.30. The zero-order valence-electron chi connectivity index (χ0n) is 10.8. The van der Waals surface area contributed by atoms with Crippen LogP contribution in [0.2, 0.25) is 0 Å². The Morgan fingerprint density at radius 3 is 2.94 bits per heavy atom. The molecule has 0 radical (unpaired) electrons. The van der Waals surface area contributed by atoms with Gasteiger partial charge in [0.05, 0.1) is 13.2 Å². The minimum absolute atomic E-state index is 0.0753. The predicted octanol–water partition coefficient (Wildman–Crippen LogP) is -1.50. The van der Waals surface area contributed by atoms with Crippen molar-refractivity contribution in [2.75, 3.05) is 39.9 Å². The zero-order valence-corrected chi connectivity index (χ0v) is 10.8. The second-order valence-electron chi connectivity index (χ2n) is 4.45. The third-order valence-corrected chi connectivity index (χ3v) is 2.81. The average molecular weight is 259 g/mol. The van der Waals surface area contributed by atoms with Crippen LogP contribution in [0.5, 0.6) is 0 Å². The number of piperazine rings is 1. The number of rotatable bonds is 6. The summed E-state index contributed by atoms with van der Waals surface area (Å²) in [6, 6.07) is -0.712. The monoisotopic (exact) mass is 259 g/mol. The third kappa shape index (κ3) is 4.59. The number of carbonyl (C=O) groups excluding carboxylic acids is 1. The number of carbonyl (C=O) groups is 2. The predicted molar refractivity (Wildman–Crippen MR) is 65.3 cm³/mol. The van der Waals surface area contributed by atoms with Crippen molar-refractivity contribution in [3.8, 4) is 0 Å². The lowest BCUT2D eigenvalue weighted by Gasteiger charge is -2.33. The highest BCUT2D eigenvalue weighted by Gasteiger charge is 2.29. The summed E-state index contributed by atoms with van der Waals surface area (Å²) in [6.07, 6.45) is 0. The highest BCUT2D eigenvalue weighted by atomic mass is 16.5. The van der Waals surface area contributed by atoms with Crippen molar-refractivity contribution < 1.29 is 19.4 Å². The van der Waals surface area contributed by atoms with Gasteiger partial charge in [-0.2, -0.15) is 0 Å². The van der Waals surface area contributed by atoms with Crippen molar-refractivity contribution in [2.24, 2.45) is 0 Å². The van der Waals surface area contributed by atoms with Crippen molar-refractivity contribution >= 4 is 11.9 Å². The van der Waals surface area contributed by atoms with Crippen molar-refractivity contribution in [1.29, 1.82) is 0 Å². The molecule has 7 heteroatoms. The number of nitrogens with zero attached hydrogens (tertiary/aromatic N) is 1. The van der Waals surface area contributed by atoms with E-state index in [-0.39, 0.29) is 18.5 Å². The number of methoxy groups -OCH3 is 1. The first-order valence-electron chi connectivity index (χ1n) is 6.00. The fourth-order valence-electron chi connectivity index (χ4n) is 1.98. The molecule has 18 heavy (non-hydrogen) atoms. The van der Waals surface area contributed by atoms with Crippen LogP contribution in [0.3, 0.4) is 0 Å². The summed E-state index contributed by atoms with van der Waals surface area (Å²) in [6.45, 7) is 4.01. The highest BCUT2D eigenvalue weighted by Crippen LogP contribution is 2.03. The number of carboxylic acids is 1. The summed E-state index contributed by atoms with van der Waals surface area (Å²) >= 11 is 0. The van der Waals surface area contributed by atoms with E-state index in [1.165, 1.54) is 0 Å². The molecule has 1 heterocycles. The molecule has 1 aliphatic heterocycles. The Hall–Kier alpha value is -1.18. The minimum Gasteiger partial charge on any atom is -0.480 e. The number of hydrogen-bond donors (Lipinski definition) is 3. The molecular weight excluding hydrogens is 238 g/mol. The van der Waals surface area contributed by atoms with Gasteiger partial charge in [-0.25, -0.2) is 0 Å². The lowest BCUT2D eigenvalue weighted by molar-refractivity contribution is -0.144. The molecule has 0 saturated carbocycles. The van der Waals surface area contributed by atoms with E-state index in [2.05, 4.69) is 10.6 Å². The molecule has 1 aliphatic rings. The number of carboxylic acid groups (broad SMARTS) is 1. The van der Waals surface area contributed by atoms with Crippen LogP contribution in [0.1, 0.15) is 6.92 Å². The van der Waals surface area contributed by atoms with E-state index >= 15 is 0 Å². The van der Waals surface area contributed by atoms with Gasteiger partial charge in [0.25, 0.3) is 0 Å². The molecule has 0 aliphatic carbocycles. The van der Waals surface area contributed by atoms with Gasteiger partial charge in [0.15, 0.2) is 0 Å². The SMILES string of the molecule is COCC(C)NC(=O)CN1CCNCC1C(=O)O. The lowest BCUT2D eigenvalue weighted by atomic mass is 10.2. The molecule has 0 bridgehead atoms. The van der Waals surface area contributed by atoms with Crippen molar-refractivity contribution in [1.82, 2.24) is 15.5 Å². The van der Waals surface area contributed by atoms with Crippen LogP contribution in [0.4, 0.5) is 0 Å². The molecule has 3 N–H and O–H groups in total. The van der Waals surface area contributed by atoms with Crippen LogP contribution in [0, 0.1) is 0 Å². The van der Waals surface area contributed by atoms with Gasteiger partial charge in [0, 0.05) is 32.8 Å². The minimum atomic E-state index is -0.903. The van der Waals surface area contributed by atoms with E-state index in [0.717, 1.165) is 0 Å². The quantitative estimate of drug-likeness (QED) is 0.537. The first kappa shape index (κ1) is 14.9. The van der Waals surface area contributed by atoms with E-state index in [0.29, 0.717) is 26.2 Å². The summed E-state index contributed by atoms with van der Waals surface area (Å²) in [5, 5.41) is 14.8. The molecule has 1 amide bonds. The first-order valence-corrected chi connectivity index (χ1v) is 6.00. The topological polar surface area (TPSA) is 90.9 Å². The van der Waals surface area contributed by atoms with E-state index in [9.17, 15) is 9.59 Å². The maximum atomic E-state index is 11.7. The summed E-state index contributed by atoms with van der Waals surface area (Å²) in [4.78, 5) is 24.5. The van der Waals surface area contributed by atoms with Crippen LogP contribution in [-0.2, 0) is 14.3 Å². The number of aliphatic carboxylic acids is 1. The summed E-state index contributed by atoms with van der Waals surface area (Å²) in [7, 11) is 1.57. The van der Waals surface area contributed by atoms with Crippen LogP contribution < -0.4 is 10.6 Å². The molecule has 2 unspecified atom stereocenters. The van der Waals surface area contributed by atoms with Gasteiger partial charge in [-0.1, -0.05) is 0 Å².